The smallest absolute Gasteiger partial charge is 0.321 e. The van der Waals surface area contributed by atoms with E-state index in [4.69, 9.17) is 10.8 Å². The molecule has 0 radical (unpaired) electrons. The van der Waals surface area contributed by atoms with Crippen LogP contribution in [0.2, 0.25) is 0 Å². The van der Waals surface area contributed by atoms with Gasteiger partial charge in [-0.3, -0.25) is 9.59 Å². The average molecular weight is 316 g/mol. The normalized spacial score (nSPS) is 28.0. The van der Waals surface area contributed by atoms with Crippen LogP contribution in [0.3, 0.4) is 0 Å². The van der Waals surface area contributed by atoms with Crippen molar-refractivity contribution in [3.63, 3.8) is 0 Å². The molecule has 1 rings (SSSR count). The molecule has 0 spiro atoms. The molecule has 4 atom stereocenters. The summed E-state index contributed by atoms with van der Waals surface area (Å²) in [5.74, 6) is 0.292. The van der Waals surface area contributed by atoms with Crippen LogP contribution < -0.4 is 11.1 Å². The number of hydrogen-bond donors (Lipinski definition) is 3. The minimum absolute atomic E-state index is 0.0309. The maximum Gasteiger partial charge on any atom is 0.321 e. The van der Waals surface area contributed by atoms with Gasteiger partial charge >= 0.3 is 5.97 Å². The van der Waals surface area contributed by atoms with Gasteiger partial charge in [0.25, 0.3) is 0 Å². The maximum absolute atomic E-state index is 12.1. The Balaban J connectivity index is 2.45. The SMILES string of the molecule is CC1CCCC(NC(=O)CSC(C)(C)[C@@H](N)C(=O)O)C1C. The molecule has 6 heteroatoms. The predicted octanol–water partition coefficient (Wildman–Crippen LogP) is 1.85. The van der Waals surface area contributed by atoms with Gasteiger partial charge in [0, 0.05) is 10.8 Å². The van der Waals surface area contributed by atoms with Crippen molar-refractivity contribution in [2.45, 2.75) is 63.8 Å². The van der Waals surface area contributed by atoms with Gasteiger partial charge in [-0.25, -0.2) is 0 Å². The summed E-state index contributed by atoms with van der Waals surface area (Å²) >= 11 is 1.30. The molecule has 21 heavy (non-hydrogen) atoms. The molecule has 0 saturated heterocycles. The topological polar surface area (TPSA) is 92.4 Å². The number of rotatable bonds is 6. The lowest BCUT2D eigenvalue weighted by atomic mass is 9.78. The molecule has 1 aliphatic rings. The lowest BCUT2D eigenvalue weighted by Crippen LogP contribution is -2.48. The third-order valence-corrected chi connectivity index (χ3v) is 6.05. The van der Waals surface area contributed by atoms with Crippen LogP contribution in [-0.2, 0) is 9.59 Å². The molecule has 122 valence electrons. The van der Waals surface area contributed by atoms with Crippen LogP contribution in [0.5, 0.6) is 0 Å². The molecule has 4 N–H and O–H groups in total. The number of thioether (sulfide) groups is 1. The fourth-order valence-corrected chi connectivity index (χ4v) is 3.54. The molecule has 1 saturated carbocycles. The van der Waals surface area contributed by atoms with Gasteiger partial charge in [0.15, 0.2) is 0 Å². The van der Waals surface area contributed by atoms with Crippen molar-refractivity contribution in [1.29, 1.82) is 0 Å². The maximum atomic E-state index is 12.1. The Labute approximate surface area is 131 Å². The van der Waals surface area contributed by atoms with Gasteiger partial charge in [0.05, 0.1) is 5.75 Å². The first-order valence-corrected chi connectivity index (χ1v) is 8.55. The highest BCUT2D eigenvalue weighted by Gasteiger charge is 2.34. The predicted molar refractivity (Wildman–Crippen MR) is 86.3 cm³/mol. The van der Waals surface area contributed by atoms with E-state index in [2.05, 4.69) is 19.2 Å². The first-order chi connectivity index (χ1) is 9.65. The van der Waals surface area contributed by atoms with Crippen molar-refractivity contribution in [1.82, 2.24) is 5.32 Å². The third-order valence-electron chi connectivity index (χ3n) is 4.64. The summed E-state index contributed by atoms with van der Waals surface area (Å²) in [6, 6.07) is -0.748. The van der Waals surface area contributed by atoms with Crippen LogP contribution >= 0.6 is 11.8 Å². The molecule has 0 heterocycles. The van der Waals surface area contributed by atoms with E-state index in [1.54, 1.807) is 13.8 Å². The number of carbonyl (C=O) groups excluding carboxylic acids is 1. The Morgan fingerprint density at radius 1 is 1.38 bits per heavy atom. The third kappa shape index (κ3) is 5.18. The fraction of sp³-hybridized carbons (Fsp3) is 0.867. The first kappa shape index (κ1) is 18.3. The number of carbonyl (C=O) groups is 2. The number of nitrogens with one attached hydrogen (secondary N) is 1. The largest absolute Gasteiger partial charge is 0.480 e. The van der Waals surface area contributed by atoms with Gasteiger partial charge in [-0.05, 0) is 32.1 Å². The highest BCUT2D eigenvalue weighted by molar-refractivity contribution is 8.01. The van der Waals surface area contributed by atoms with E-state index in [9.17, 15) is 9.59 Å². The summed E-state index contributed by atoms with van der Waals surface area (Å²) in [7, 11) is 0. The van der Waals surface area contributed by atoms with Gasteiger partial charge < -0.3 is 16.2 Å². The van der Waals surface area contributed by atoms with Crippen molar-refractivity contribution in [3.8, 4) is 0 Å². The number of amides is 1. The molecule has 0 bridgehead atoms. The molecule has 3 unspecified atom stereocenters. The summed E-state index contributed by atoms with van der Waals surface area (Å²) in [5, 5.41) is 12.1. The highest BCUT2D eigenvalue weighted by atomic mass is 32.2. The second kappa shape index (κ2) is 7.49. The number of carboxylic acids is 1. The molecule has 1 aliphatic carbocycles. The van der Waals surface area contributed by atoms with Crippen molar-refractivity contribution in [2.75, 3.05) is 5.75 Å². The van der Waals surface area contributed by atoms with Gasteiger partial charge in [0.2, 0.25) is 5.91 Å². The minimum Gasteiger partial charge on any atom is -0.480 e. The highest BCUT2D eigenvalue weighted by Crippen LogP contribution is 2.30. The molecular weight excluding hydrogens is 288 g/mol. The molecule has 1 amide bonds. The summed E-state index contributed by atoms with van der Waals surface area (Å²) in [6.07, 6.45) is 3.40. The number of nitrogens with two attached hydrogens (primary N) is 1. The van der Waals surface area contributed by atoms with Gasteiger partial charge in [-0.15, -0.1) is 11.8 Å². The first-order valence-electron chi connectivity index (χ1n) is 7.57. The second-order valence-corrected chi connectivity index (χ2v) is 8.28. The van der Waals surface area contributed by atoms with Crippen molar-refractivity contribution in [2.24, 2.45) is 17.6 Å². The Morgan fingerprint density at radius 2 is 2.00 bits per heavy atom. The van der Waals surface area contributed by atoms with Gasteiger partial charge in [-0.1, -0.05) is 26.7 Å². The van der Waals surface area contributed by atoms with Crippen molar-refractivity contribution in [3.05, 3.63) is 0 Å². The van der Waals surface area contributed by atoms with Gasteiger partial charge in [0.1, 0.15) is 6.04 Å². The Kier molecular flexibility index (Phi) is 6.53. The summed E-state index contributed by atoms with van der Waals surface area (Å²) < 4.78 is -0.672. The molecule has 0 aliphatic heterocycles. The van der Waals surface area contributed by atoms with Gasteiger partial charge in [-0.2, -0.15) is 0 Å². The number of hydrogen-bond acceptors (Lipinski definition) is 4. The lowest BCUT2D eigenvalue weighted by Gasteiger charge is -2.35. The Hall–Kier alpha value is -0.750. The summed E-state index contributed by atoms with van der Waals surface area (Å²) in [4.78, 5) is 23.0. The zero-order valence-corrected chi connectivity index (χ0v) is 14.2. The number of carboxylic acid groups (broad SMARTS) is 1. The zero-order chi connectivity index (χ0) is 16.2. The minimum atomic E-state index is -1.04. The molecule has 0 aromatic carbocycles. The van der Waals surface area contributed by atoms with E-state index >= 15 is 0 Å². The summed E-state index contributed by atoms with van der Waals surface area (Å²) in [5.41, 5.74) is 5.65. The zero-order valence-electron chi connectivity index (χ0n) is 13.4. The van der Waals surface area contributed by atoms with Crippen LogP contribution in [0.4, 0.5) is 0 Å². The molecule has 5 nitrogen and oxygen atoms in total. The van der Waals surface area contributed by atoms with E-state index in [-0.39, 0.29) is 17.7 Å². The van der Waals surface area contributed by atoms with Crippen LogP contribution in [0, 0.1) is 11.8 Å². The standard InChI is InChI=1S/C15H28N2O3S/c1-9-6-5-7-11(10(9)2)17-12(18)8-21-15(3,4)13(16)14(19)20/h9-11,13H,5-8,16H2,1-4H3,(H,17,18)(H,19,20)/t9?,10?,11?,13-/m0/s1. The van der Waals surface area contributed by atoms with E-state index < -0.39 is 16.8 Å². The van der Waals surface area contributed by atoms with Crippen LogP contribution in [0.1, 0.15) is 47.0 Å². The van der Waals surface area contributed by atoms with E-state index in [0.29, 0.717) is 11.8 Å². The van der Waals surface area contributed by atoms with Crippen LogP contribution in [-0.4, -0.2) is 39.6 Å². The fourth-order valence-electron chi connectivity index (χ4n) is 2.67. The lowest BCUT2D eigenvalue weighted by molar-refractivity contribution is -0.139. The molecule has 0 aromatic heterocycles. The monoisotopic (exact) mass is 316 g/mol. The molecular formula is C15H28N2O3S. The second-order valence-electron chi connectivity index (χ2n) is 6.65. The Morgan fingerprint density at radius 3 is 2.57 bits per heavy atom. The Bertz CT molecular complexity index is 387. The van der Waals surface area contributed by atoms with E-state index in [0.717, 1.165) is 12.8 Å². The van der Waals surface area contributed by atoms with E-state index in [1.165, 1.54) is 18.2 Å². The number of aliphatic carboxylic acids is 1. The van der Waals surface area contributed by atoms with Crippen LogP contribution in [0.25, 0.3) is 0 Å². The summed E-state index contributed by atoms with van der Waals surface area (Å²) in [6.45, 7) is 7.93. The van der Waals surface area contributed by atoms with Crippen LogP contribution in [0.15, 0.2) is 0 Å². The average Bonchev–Trinajstić information content (AvgIpc) is 2.41. The quantitative estimate of drug-likeness (QED) is 0.695. The molecule has 0 aromatic rings. The molecule has 1 fully saturated rings. The van der Waals surface area contributed by atoms with Crippen molar-refractivity contribution >= 4 is 23.6 Å². The van der Waals surface area contributed by atoms with Crippen molar-refractivity contribution < 1.29 is 14.7 Å². The van der Waals surface area contributed by atoms with E-state index in [1.807, 2.05) is 0 Å².